The van der Waals surface area contributed by atoms with Crippen molar-refractivity contribution in [3.05, 3.63) is 42.0 Å². The fourth-order valence-corrected chi connectivity index (χ4v) is 1.10. The maximum absolute atomic E-state index is 13.1. The lowest BCUT2D eigenvalue weighted by atomic mass is 10.3. The zero-order chi connectivity index (χ0) is 11.3. The molecule has 0 heterocycles. The van der Waals surface area contributed by atoms with Crippen LogP contribution in [0.5, 0.6) is 5.75 Å². The fourth-order valence-electron chi connectivity index (χ4n) is 1.10. The quantitative estimate of drug-likeness (QED) is 0.756. The van der Waals surface area contributed by atoms with Crippen molar-refractivity contribution in [3.63, 3.8) is 0 Å². The molecule has 0 saturated heterocycles. The van der Waals surface area contributed by atoms with Crippen LogP contribution < -0.4 is 10.1 Å². The molecule has 0 aliphatic carbocycles. The maximum Gasteiger partial charge on any atom is 0.191 e. The summed E-state index contributed by atoms with van der Waals surface area (Å²) in [6.45, 7) is 4.33. The molecule has 15 heavy (non-hydrogen) atoms. The monoisotopic (exact) mass is 213 g/mol. The number of para-hydroxylation sites is 1. The van der Waals surface area contributed by atoms with Crippen LogP contribution in [0.4, 0.5) is 8.78 Å². The lowest BCUT2D eigenvalue weighted by molar-refractivity contribution is 0.310. The number of ether oxygens (including phenoxy) is 1. The van der Waals surface area contributed by atoms with Crippen LogP contribution in [0.25, 0.3) is 0 Å². The standard InChI is InChI=1S/C11H13F2NO/c1-8(6-14-2)7-15-11-9(12)4-3-5-10(11)13/h3-5,14H,1,6-7H2,2H3. The average molecular weight is 213 g/mol. The summed E-state index contributed by atoms with van der Waals surface area (Å²) in [7, 11) is 1.76. The zero-order valence-electron chi connectivity index (χ0n) is 8.52. The van der Waals surface area contributed by atoms with Gasteiger partial charge in [0.2, 0.25) is 0 Å². The Bertz CT molecular complexity index is 332. The highest BCUT2D eigenvalue weighted by molar-refractivity contribution is 5.26. The molecule has 0 spiro atoms. The minimum atomic E-state index is -0.702. The fraction of sp³-hybridized carbons (Fsp3) is 0.273. The Balaban J connectivity index is 2.61. The summed E-state index contributed by atoms with van der Waals surface area (Å²) in [5.74, 6) is -1.76. The number of halogens is 2. The summed E-state index contributed by atoms with van der Waals surface area (Å²) in [4.78, 5) is 0. The topological polar surface area (TPSA) is 21.3 Å². The third-order valence-electron chi connectivity index (χ3n) is 1.77. The van der Waals surface area contributed by atoms with Crippen molar-refractivity contribution in [1.29, 1.82) is 0 Å². The molecule has 0 aliphatic heterocycles. The number of hydrogen-bond donors (Lipinski definition) is 1. The summed E-state index contributed by atoms with van der Waals surface area (Å²) in [6, 6.07) is 3.60. The molecule has 0 unspecified atom stereocenters. The van der Waals surface area contributed by atoms with Gasteiger partial charge in [0.05, 0.1) is 0 Å². The highest BCUT2D eigenvalue weighted by atomic mass is 19.1. The second kappa shape index (κ2) is 5.46. The van der Waals surface area contributed by atoms with Gasteiger partial charge in [-0.15, -0.1) is 0 Å². The third-order valence-corrected chi connectivity index (χ3v) is 1.77. The molecular weight excluding hydrogens is 200 g/mol. The van der Waals surface area contributed by atoms with Gasteiger partial charge in [0.15, 0.2) is 17.4 Å². The Morgan fingerprint density at radius 3 is 2.53 bits per heavy atom. The molecule has 0 bridgehead atoms. The van der Waals surface area contributed by atoms with Crippen LogP contribution in [-0.4, -0.2) is 20.2 Å². The molecule has 0 fully saturated rings. The number of rotatable bonds is 5. The minimum Gasteiger partial charge on any atom is -0.483 e. The predicted octanol–water partition coefficient (Wildman–Crippen LogP) is 2.12. The molecule has 0 aromatic heterocycles. The second-order valence-corrected chi connectivity index (χ2v) is 3.12. The first-order valence-electron chi connectivity index (χ1n) is 4.53. The first-order valence-corrected chi connectivity index (χ1v) is 4.53. The van der Waals surface area contributed by atoms with Crippen LogP contribution in [0.1, 0.15) is 0 Å². The van der Waals surface area contributed by atoms with Gasteiger partial charge < -0.3 is 10.1 Å². The zero-order valence-corrected chi connectivity index (χ0v) is 8.52. The van der Waals surface area contributed by atoms with E-state index in [1.807, 2.05) is 0 Å². The van der Waals surface area contributed by atoms with E-state index in [0.29, 0.717) is 6.54 Å². The van der Waals surface area contributed by atoms with E-state index < -0.39 is 11.6 Å². The van der Waals surface area contributed by atoms with Crippen LogP contribution in [0.15, 0.2) is 30.4 Å². The van der Waals surface area contributed by atoms with Crippen molar-refractivity contribution >= 4 is 0 Å². The molecule has 1 aromatic rings. The van der Waals surface area contributed by atoms with Crippen molar-refractivity contribution < 1.29 is 13.5 Å². The van der Waals surface area contributed by atoms with Crippen molar-refractivity contribution in [2.45, 2.75) is 0 Å². The predicted molar refractivity (Wildman–Crippen MR) is 54.9 cm³/mol. The molecule has 0 aliphatic rings. The molecule has 2 nitrogen and oxygen atoms in total. The lowest BCUT2D eigenvalue weighted by Gasteiger charge is -2.09. The smallest absolute Gasteiger partial charge is 0.191 e. The van der Waals surface area contributed by atoms with Gasteiger partial charge in [-0.25, -0.2) is 8.78 Å². The van der Waals surface area contributed by atoms with Crippen molar-refractivity contribution in [1.82, 2.24) is 5.32 Å². The second-order valence-electron chi connectivity index (χ2n) is 3.12. The Morgan fingerprint density at radius 1 is 1.40 bits per heavy atom. The minimum absolute atomic E-state index is 0.0959. The first-order chi connectivity index (χ1) is 7.15. The Kier molecular flexibility index (Phi) is 4.24. The summed E-state index contributed by atoms with van der Waals surface area (Å²) in [6.07, 6.45) is 0. The van der Waals surface area contributed by atoms with Crippen LogP contribution >= 0.6 is 0 Å². The SMILES string of the molecule is C=C(CNC)COc1c(F)cccc1F. The molecule has 0 amide bonds. The highest BCUT2D eigenvalue weighted by Crippen LogP contribution is 2.20. The molecule has 0 radical (unpaired) electrons. The summed E-state index contributed by atoms with van der Waals surface area (Å²) in [5.41, 5.74) is 0.722. The van der Waals surface area contributed by atoms with Gasteiger partial charge in [0.1, 0.15) is 6.61 Å². The molecule has 0 atom stereocenters. The number of hydrogen-bond acceptors (Lipinski definition) is 2. The van der Waals surface area contributed by atoms with E-state index in [4.69, 9.17) is 4.74 Å². The van der Waals surface area contributed by atoms with E-state index in [0.717, 1.165) is 17.7 Å². The molecule has 0 saturated carbocycles. The lowest BCUT2D eigenvalue weighted by Crippen LogP contribution is -2.15. The van der Waals surface area contributed by atoms with Crippen molar-refractivity contribution in [2.75, 3.05) is 20.2 Å². The van der Waals surface area contributed by atoms with Crippen LogP contribution in [-0.2, 0) is 0 Å². The van der Waals surface area contributed by atoms with E-state index in [-0.39, 0.29) is 12.4 Å². The molecule has 1 N–H and O–H groups in total. The van der Waals surface area contributed by atoms with Crippen molar-refractivity contribution in [3.8, 4) is 5.75 Å². The molecule has 1 aromatic carbocycles. The summed E-state index contributed by atoms with van der Waals surface area (Å²) in [5, 5.41) is 2.87. The third kappa shape index (κ3) is 3.32. The Hall–Kier alpha value is -1.42. The average Bonchev–Trinajstić information content (AvgIpc) is 2.17. The number of benzene rings is 1. The van der Waals surface area contributed by atoms with E-state index in [1.54, 1.807) is 7.05 Å². The van der Waals surface area contributed by atoms with Gasteiger partial charge in [0, 0.05) is 6.54 Å². The Labute approximate surface area is 87.6 Å². The summed E-state index contributed by atoms with van der Waals surface area (Å²) < 4.78 is 31.1. The maximum atomic E-state index is 13.1. The molecular formula is C11H13F2NO. The van der Waals surface area contributed by atoms with E-state index >= 15 is 0 Å². The normalized spacial score (nSPS) is 10.1. The van der Waals surface area contributed by atoms with Gasteiger partial charge in [-0.3, -0.25) is 0 Å². The van der Waals surface area contributed by atoms with Gasteiger partial charge in [-0.1, -0.05) is 12.6 Å². The van der Waals surface area contributed by atoms with Gasteiger partial charge in [0.25, 0.3) is 0 Å². The molecule has 1 rings (SSSR count). The molecule has 82 valence electrons. The van der Waals surface area contributed by atoms with Crippen LogP contribution in [0.2, 0.25) is 0 Å². The first kappa shape index (κ1) is 11.7. The van der Waals surface area contributed by atoms with Gasteiger partial charge in [-0.05, 0) is 24.8 Å². The van der Waals surface area contributed by atoms with Crippen LogP contribution in [0.3, 0.4) is 0 Å². The van der Waals surface area contributed by atoms with Crippen LogP contribution in [0, 0.1) is 11.6 Å². The number of nitrogens with one attached hydrogen (secondary N) is 1. The van der Waals surface area contributed by atoms with Crippen molar-refractivity contribution in [2.24, 2.45) is 0 Å². The summed E-state index contributed by atoms with van der Waals surface area (Å²) >= 11 is 0. The van der Waals surface area contributed by atoms with E-state index in [9.17, 15) is 8.78 Å². The van der Waals surface area contributed by atoms with E-state index in [2.05, 4.69) is 11.9 Å². The van der Waals surface area contributed by atoms with Gasteiger partial charge in [-0.2, -0.15) is 0 Å². The number of likely N-dealkylation sites (N-methyl/N-ethyl adjacent to an activating group) is 1. The van der Waals surface area contributed by atoms with Gasteiger partial charge >= 0.3 is 0 Å². The largest absolute Gasteiger partial charge is 0.483 e. The molecule has 4 heteroatoms. The highest BCUT2D eigenvalue weighted by Gasteiger charge is 2.09. The van der Waals surface area contributed by atoms with E-state index in [1.165, 1.54) is 6.07 Å². The Morgan fingerprint density at radius 2 is 2.00 bits per heavy atom.